The van der Waals surface area contributed by atoms with Crippen LogP contribution in [-0.4, -0.2) is 24.0 Å². The summed E-state index contributed by atoms with van der Waals surface area (Å²) in [6.45, 7) is 0. The van der Waals surface area contributed by atoms with E-state index in [0.29, 0.717) is 0 Å². The highest BCUT2D eigenvalue weighted by atomic mass is 79.9. The Morgan fingerprint density at radius 3 is 2.10 bits per heavy atom. The zero-order chi connectivity index (χ0) is 15.5. The van der Waals surface area contributed by atoms with E-state index in [2.05, 4.69) is 20.7 Å². The molecular formula is C14H9BrN2O3S. The minimum Gasteiger partial charge on any atom is -0.360 e. The highest BCUT2D eigenvalue weighted by Gasteiger charge is 2.37. The van der Waals surface area contributed by atoms with Gasteiger partial charge in [-0.2, -0.15) is 0 Å². The molecule has 21 heavy (non-hydrogen) atoms. The topological polar surface area (TPSA) is 87.6 Å². The van der Waals surface area contributed by atoms with Crippen molar-refractivity contribution < 1.29 is 18.0 Å². The molecule has 0 radical (unpaired) electrons. The molecule has 0 aliphatic carbocycles. The maximum atomic E-state index is 12.3. The summed E-state index contributed by atoms with van der Waals surface area (Å²) < 4.78 is 25.4. The summed E-state index contributed by atoms with van der Waals surface area (Å²) in [4.78, 5) is 14.8. The lowest BCUT2D eigenvalue weighted by atomic mass is 10.1. The molecule has 0 heterocycles. The van der Waals surface area contributed by atoms with Crippen LogP contribution in [0.3, 0.4) is 0 Å². The van der Waals surface area contributed by atoms with Crippen LogP contribution in [0.25, 0.3) is 5.53 Å². The minimum atomic E-state index is -4.17. The second-order valence-corrected chi connectivity index (χ2v) is 6.84. The first-order valence-corrected chi connectivity index (χ1v) is 8.07. The Bertz CT molecular complexity index is 824. The predicted molar refractivity (Wildman–Crippen MR) is 80.7 cm³/mol. The molecule has 0 bridgehead atoms. The second kappa shape index (κ2) is 6.13. The summed E-state index contributed by atoms with van der Waals surface area (Å²) >= 11 is 3.22. The van der Waals surface area contributed by atoms with Crippen molar-refractivity contribution in [3.8, 4) is 0 Å². The third-order valence-corrected chi connectivity index (χ3v) is 4.90. The molecule has 0 fully saturated rings. The van der Waals surface area contributed by atoms with Gasteiger partial charge in [0, 0.05) is 10.0 Å². The lowest BCUT2D eigenvalue weighted by Crippen LogP contribution is -2.26. The molecule has 5 nitrogen and oxygen atoms in total. The SMILES string of the molecule is [N-]=[N+]=C(C(=O)c1ccc(Br)cc1)S(=O)(=O)c1ccccc1. The van der Waals surface area contributed by atoms with Crippen molar-refractivity contribution >= 4 is 36.6 Å². The summed E-state index contributed by atoms with van der Waals surface area (Å²) in [5.74, 6) is -0.867. The van der Waals surface area contributed by atoms with E-state index in [1.807, 2.05) is 0 Å². The number of rotatable bonds is 3. The molecule has 0 saturated heterocycles. The van der Waals surface area contributed by atoms with Crippen LogP contribution in [0.15, 0.2) is 64.0 Å². The van der Waals surface area contributed by atoms with Crippen LogP contribution in [0.5, 0.6) is 0 Å². The Hall–Kier alpha value is -2.08. The summed E-state index contributed by atoms with van der Waals surface area (Å²) in [7, 11) is -4.17. The van der Waals surface area contributed by atoms with E-state index < -0.39 is 20.7 Å². The lowest BCUT2D eigenvalue weighted by Gasteiger charge is -2.00. The van der Waals surface area contributed by atoms with Crippen molar-refractivity contribution in [2.75, 3.05) is 0 Å². The average molecular weight is 365 g/mol. The fourth-order valence-corrected chi connectivity index (χ4v) is 3.13. The van der Waals surface area contributed by atoms with Gasteiger partial charge in [-0.25, -0.2) is 8.42 Å². The minimum absolute atomic E-state index is 0.108. The van der Waals surface area contributed by atoms with Crippen molar-refractivity contribution in [1.29, 1.82) is 0 Å². The Morgan fingerprint density at radius 2 is 1.57 bits per heavy atom. The van der Waals surface area contributed by atoms with Crippen LogP contribution in [0, 0.1) is 0 Å². The maximum absolute atomic E-state index is 12.3. The lowest BCUT2D eigenvalue weighted by molar-refractivity contribution is -0.00158. The third-order valence-electron chi connectivity index (χ3n) is 2.70. The zero-order valence-corrected chi connectivity index (χ0v) is 13.0. The van der Waals surface area contributed by atoms with Crippen LogP contribution < -0.4 is 0 Å². The summed E-state index contributed by atoms with van der Waals surface area (Å²) in [6, 6.07) is 13.4. The van der Waals surface area contributed by atoms with Gasteiger partial charge >= 0.3 is 5.04 Å². The van der Waals surface area contributed by atoms with Gasteiger partial charge in [-0.05, 0) is 36.4 Å². The van der Waals surface area contributed by atoms with E-state index in [-0.39, 0.29) is 10.5 Å². The highest BCUT2D eigenvalue weighted by molar-refractivity contribution is 9.10. The highest BCUT2D eigenvalue weighted by Crippen LogP contribution is 2.16. The van der Waals surface area contributed by atoms with Crippen LogP contribution >= 0.6 is 15.9 Å². The van der Waals surface area contributed by atoms with Crippen LogP contribution in [-0.2, 0) is 9.84 Å². The van der Waals surface area contributed by atoms with Crippen molar-refractivity contribution in [3.05, 3.63) is 70.2 Å². The van der Waals surface area contributed by atoms with Crippen molar-refractivity contribution in [1.82, 2.24) is 0 Å². The number of ketones is 1. The summed E-state index contributed by atoms with van der Waals surface area (Å²) in [5.41, 5.74) is 9.10. The van der Waals surface area contributed by atoms with Crippen molar-refractivity contribution in [3.63, 3.8) is 0 Å². The summed E-state index contributed by atoms with van der Waals surface area (Å²) in [5, 5.41) is -0.906. The Morgan fingerprint density at radius 1 is 1.00 bits per heavy atom. The number of halogens is 1. The van der Waals surface area contributed by atoms with Gasteiger partial charge in [0.05, 0.1) is 4.90 Å². The Kier molecular flexibility index (Phi) is 4.47. The van der Waals surface area contributed by atoms with Gasteiger partial charge in [-0.3, -0.25) is 4.79 Å². The van der Waals surface area contributed by atoms with Crippen molar-refractivity contribution in [2.24, 2.45) is 0 Å². The number of sulfone groups is 1. The number of nitrogens with zero attached hydrogens (tertiary/aromatic N) is 2. The fraction of sp³-hybridized carbons (Fsp3) is 0. The number of Topliss-reactive ketones (excluding diaryl/α,β-unsaturated/α-hetero) is 1. The zero-order valence-electron chi connectivity index (χ0n) is 10.6. The molecule has 0 spiro atoms. The molecule has 2 rings (SSSR count). The molecule has 106 valence electrons. The average Bonchev–Trinajstić information content (AvgIpc) is 2.49. The first-order chi connectivity index (χ1) is 9.96. The number of hydrogen-bond acceptors (Lipinski definition) is 3. The van der Waals surface area contributed by atoms with Gasteiger partial charge in [0.1, 0.15) is 0 Å². The molecule has 0 unspecified atom stereocenters. The van der Waals surface area contributed by atoms with Gasteiger partial charge in [0.25, 0.3) is 15.6 Å². The van der Waals surface area contributed by atoms with Crippen LogP contribution in [0.2, 0.25) is 0 Å². The number of benzene rings is 2. The van der Waals surface area contributed by atoms with Crippen LogP contribution in [0.4, 0.5) is 0 Å². The number of carbonyl (C=O) groups is 1. The second-order valence-electron chi connectivity index (χ2n) is 4.06. The molecule has 0 aliphatic rings. The fourth-order valence-electron chi connectivity index (χ4n) is 1.66. The van der Waals surface area contributed by atoms with Gasteiger partial charge in [-0.15, -0.1) is 4.79 Å². The molecule has 0 aliphatic heterocycles. The van der Waals surface area contributed by atoms with Gasteiger partial charge < -0.3 is 5.53 Å². The van der Waals surface area contributed by atoms with Gasteiger partial charge in [0.2, 0.25) is 0 Å². The molecule has 0 aromatic heterocycles. The molecule has 0 N–H and O–H groups in total. The monoisotopic (exact) mass is 364 g/mol. The van der Waals surface area contributed by atoms with Crippen LogP contribution in [0.1, 0.15) is 10.4 Å². The smallest absolute Gasteiger partial charge is 0.360 e. The first kappa shape index (κ1) is 15.3. The van der Waals surface area contributed by atoms with E-state index in [9.17, 15) is 13.2 Å². The molecule has 0 atom stereocenters. The number of hydrogen-bond donors (Lipinski definition) is 0. The maximum Gasteiger partial charge on any atom is 0.456 e. The number of carbonyl (C=O) groups excluding carboxylic acids is 1. The van der Waals surface area contributed by atoms with E-state index in [4.69, 9.17) is 5.53 Å². The van der Waals surface area contributed by atoms with E-state index >= 15 is 0 Å². The van der Waals surface area contributed by atoms with E-state index in [0.717, 1.165) is 4.47 Å². The van der Waals surface area contributed by atoms with Gasteiger partial charge in [0.15, 0.2) is 0 Å². The standard InChI is InChI=1S/C14H9BrN2O3S/c15-11-8-6-10(7-9-11)13(18)14(17-16)21(19,20)12-4-2-1-3-5-12/h1-9H. The molecular weight excluding hydrogens is 356 g/mol. The van der Waals surface area contributed by atoms with E-state index in [1.165, 1.54) is 36.4 Å². The van der Waals surface area contributed by atoms with Crippen molar-refractivity contribution in [2.45, 2.75) is 4.90 Å². The molecule has 2 aromatic rings. The largest absolute Gasteiger partial charge is 0.456 e. The van der Waals surface area contributed by atoms with Gasteiger partial charge in [-0.1, -0.05) is 34.1 Å². The molecule has 0 saturated carbocycles. The third kappa shape index (κ3) is 3.16. The Balaban J connectivity index is 2.48. The normalized spacial score (nSPS) is 10.7. The molecule has 2 aromatic carbocycles. The predicted octanol–water partition coefficient (Wildman–Crippen LogP) is 2.73. The Labute approximate surface area is 129 Å². The quantitative estimate of drug-likeness (QED) is 0.275. The first-order valence-electron chi connectivity index (χ1n) is 5.79. The molecule has 7 heteroatoms. The van der Waals surface area contributed by atoms with E-state index in [1.54, 1.807) is 18.2 Å². The summed E-state index contributed by atoms with van der Waals surface area (Å²) in [6.07, 6.45) is 0. The molecule has 0 amide bonds.